The quantitative estimate of drug-likeness (QED) is 0.601. The lowest BCUT2D eigenvalue weighted by Gasteiger charge is -2.36. The molecule has 168 valence electrons. The second-order valence-corrected chi connectivity index (χ2v) is 8.13. The minimum atomic E-state index is -4.53. The van der Waals surface area contributed by atoms with Gasteiger partial charge in [-0.15, -0.1) is 0 Å². The van der Waals surface area contributed by atoms with Gasteiger partial charge in [0, 0.05) is 38.1 Å². The van der Waals surface area contributed by atoms with Gasteiger partial charge >= 0.3 is 11.9 Å². The number of rotatable bonds is 5. The van der Waals surface area contributed by atoms with Gasteiger partial charge in [0.2, 0.25) is 5.95 Å². The van der Waals surface area contributed by atoms with E-state index in [4.69, 9.17) is 0 Å². The maximum Gasteiger partial charge on any atom is 0.435 e. The predicted octanol–water partition coefficient (Wildman–Crippen LogP) is 2.56. The van der Waals surface area contributed by atoms with Crippen molar-refractivity contribution in [3.8, 4) is 0 Å². The second-order valence-electron chi connectivity index (χ2n) is 8.13. The molecule has 2 fully saturated rings. The molecule has 8 nitrogen and oxygen atoms in total. The number of aromatic nitrogens is 5. The lowest BCUT2D eigenvalue weighted by Crippen LogP contribution is -2.47. The first-order valence-electron chi connectivity index (χ1n) is 10.5. The zero-order valence-corrected chi connectivity index (χ0v) is 17.2. The summed E-state index contributed by atoms with van der Waals surface area (Å²) in [6.45, 7) is 2.72. The van der Waals surface area contributed by atoms with E-state index in [-0.39, 0.29) is 6.67 Å². The summed E-state index contributed by atoms with van der Waals surface area (Å²) in [5.74, 6) is 1.03. The van der Waals surface area contributed by atoms with Crippen molar-refractivity contribution in [1.29, 1.82) is 0 Å². The van der Waals surface area contributed by atoms with Crippen LogP contribution in [0.3, 0.4) is 0 Å². The minimum Gasteiger partial charge on any atom is -0.368 e. The molecule has 0 unspecified atom stereocenters. The lowest BCUT2D eigenvalue weighted by molar-refractivity contribution is -0.141. The molecule has 0 spiro atoms. The average Bonchev–Trinajstić information content (AvgIpc) is 3.53. The van der Waals surface area contributed by atoms with Crippen LogP contribution in [0.5, 0.6) is 0 Å². The van der Waals surface area contributed by atoms with Crippen LogP contribution >= 0.6 is 0 Å². The summed E-state index contributed by atoms with van der Waals surface area (Å²) in [6.07, 6.45) is 0.470. The number of benzene rings is 1. The topological polar surface area (TPSA) is 72.1 Å². The van der Waals surface area contributed by atoms with Crippen molar-refractivity contribution in [3.05, 3.63) is 64.6 Å². The summed E-state index contributed by atoms with van der Waals surface area (Å²) in [7, 11) is 0. The smallest absolute Gasteiger partial charge is 0.368 e. The molecule has 1 saturated carbocycles. The molecule has 1 aliphatic carbocycles. The Bertz CT molecular complexity index is 1160. The largest absolute Gasteiger partial charge is 0.435 e. The van der Waals surface area contributed by atoms with E-state index < -0.39 is 17.6 Å². The van der Waals surface area contributed by atoms with E-state index in [1.165, 1.54) is 36.6 Å². The van der Waals surface area contributed by atoms with Crippen molar-refractivity contribution >= 4 is 11.6 Å². The first-order valence-corrected chi connectivity index (χ1v) is 10.5. The number of alkyl halides is 3. The fourth-order valence-corrected chi connectivity index (χ4v) is 3.90. The number of piperazine rings is 1. The zero-order chi connectivity index (χ0) is 22.3. The van der Waals surface area contributed by atoms with Crippen LogP contribution in [0.2, 0.25) is 0 Å². The Morgan fingerprint density at radius 1 is 1.03 bits per heavy atom. The highest BCUT2D eigenvalue weighted by molar-refractivity contribution is 5.51. The Labute approximate surface area is 181 Å². The molecule has 0 atom stereocenters. The maximum atomic E-state index is 12.7. The minimum absolute atomic E-state index is 0.194. The predicted molar refractivity (Wildman–Crippen MR) is 112 cm³/mol. The van der Waals surface area contributed by atoms with Crippen LogP contribution in [0, 0.1) is 0 Å². The van der Waals surface area contributed by atoms with Crippen molar-refractivity contribution in [2.75, 3.05) is 36.0 Å². The summed E-state index contributed by atoms with van der Waals surface area (Å²) in [6, 6.07) is 9.55. The Kier molecular flexibility index (Phi) is 5.10. The molecule has 0 amide bonds. The number of hydrogen-bond donors (Lipinski definition) is 0. The van der Waals surface area contributed by atoms with Gasteiger partial charge in [-0.2, -0.15) is 23.3 Å². The van der Waals surface area contributed by atoms with Gasteiger partial charge in [-0.3, -0.25) is 9.25 Å². The first-order chi connectivity index (χ1) is 15.4. The normalized spacial score (nSPS) is 17.1. The van der Waals surface area contributed by atoms with Gasteiger partial charge in [0.05, 0.1) is 0 Å². The van der Waals surface area contributed by atoms with Gasteiger partial charge in [0.1, 0.15) is 13.0 Å². The third-order valence-corrected chi connectivity index (χ3v) is 5.83. The Balaban J connectivity index is 1.23. The van der Waals surface area contributed by atoms with E-state index in [9.17, 15) is 18.0 Å². The van der Waals surface area contributed by atoms with E-state index in [0.717, 1.165) is 28.4 Å². The van der Waals surface area contributed by atoms with Crippen LogP contribution in [0.1, 0.15) is 30.0 Å². The van der Waals surface area contributed by atoms with E-state index in [1.807, 2.05) is 4.90 Å². The second kappa shape index (κ2) is 7.95. The molecule has 0 radical (unpaired) electrons. The van der Waals surface area contributed by atoms with Crippen molar-refractivity contribution in [1.82, 2.24) is 24.3 Å². The molecule has 2 aliphatic rings. The SMILES string of the molecule is O=c1nc(N2CCN(c3cccc(C4CC4)c3)CC2)ncn1Cn1ccc(C(F)(F)F)n1. The average molecular weight is 445 g/mol. The molecule has 3 heterocycles. The van der Waals surface area contributed by atoms with Gasteiger partial charge < -0.3 is 9.80 Å². The molecule has 1 aliphatic heterocycles. The molecule has 32 heavy (non-hydrogen) atoms. The van der Waals surface area contributed by atoms with E-state index in [0.29, 0.717) is 25.0 Å². The Morgan fingerprint density at radius 2 is 1.78 bits per heavy atom. The third-order valence-electron chi connectivity index (χ3n) is 5.83. The van der Waals surface area contributed by atoms with Crippen LogP contribution in [0.15, 0.2) is 47.7 Å². The summed E-state index contributed by atoms with van der Waals surface area (Å²) in [5.41, 5.74) is 1.02. The molecule has 2 aromatic heterocycles. The van der Waals surface area contributed by atoms with Crippen molar-refractivity contribution < 1.29 is 13.2 Å². The molecule has 1 aromatic carbocycles. The zero-order valence-electron chi connectivity index (χ0n) is 17.2. The van der Waals surface area contributed by atoms with Gasteiger partial charge in [-0.25, -0.2) is 9.78 Å². The molecular weight excluding hydrogens is 423 g/mol. The third kappa shape index (κ3) is 4.32. The van der Waals surface area contributed by atoms with Crippen LogP contribution in [-0.4, -0.2) is 50.5 Å². The monoisotopic (exact) mass is 445 g/mol. The van der Waals surface area contributed by atoms with Crippen LogP contribution < -0.4 is 15.5 Å². The van der Waals surface area contributed by atoms with E-state index in [2.05, 4.69) is 44.2 Å². The molecule has 1 saturated heterocycles. The fraction of sp³-hybridized carbons (Fsp3) is 0.429. The highest BCUT2D eigenvalue weighted by atomic mass is 19.4. The van der Waals surface area contributed by atoms with E-state index >= 15 is 0 Å². The number of halogens is 3. The highest BCUT2D eigenvalue weighted by Crippen LogP contribution is 2.41. The summed E-state index contributed by atoms with van der Waals surface area (Å²) < 4.78 is 40.2. The van der Waals surface area contributed by atoms with Crippen LogP contribution in [-0.2, 0) is 12.8 Å². The van der Waals surface area contributed by atoms with Gasteiger partial charge in [-0.1, -0.05) is 12.1 Å². The van der Waals surface area contributed by atoms with Gasteiger partial charge in [0.25, 0.3) is 0 Å². The highest BCUT2D eigenvalue weighted by Gasteiger charge is 2.33. The first kappa shape index (κ1) is 20.5. The van der Waals surface area contributed by atoms with E-state index in [1.54, 1.807) is 0 Å². The summed E-state index contributed by atoms with van der Waals surface area (Å²) in [5, 5.41) is 3.45. The van der Waals surface area contributed by atoms with Crippen molar-refractivity contribution in [2.45, 2.75) is 31.6 Å². The summed E-state index contributed by atoms with van der Waals surface area (Å²) in [4.78, 5) is 24.9. The standard InChI is InChI=1S/C21H22F3N7O/c22-21(23,24)18-6-7-31(27-18)14-30-13-25-19(26-20(30)32)29-10-8-28(9-11-29)17-3-1-2-16(12-17)15-4-5-15/h1-3,6-7,12-13,15H,4-5,8-11,14H2. The van der Waals surface area contributed by atoms with Crippen LogP contribution in [0.4, 0.5) is 24.8 Å². The van der Waals surface area contributed by atoms with Gasteiger partial charge in [0.15, 0.2) is 5.69 Å². The number of nitrogens with zero attached hydrogens (tertiary/aromatic N) is 7. The van der Waals surface area contributed by atoms with Crippen molar-refractivity contribution in [2.24, 2.45) is 0 Å². The van der Waals surface area contributed by atoms with Crippen molar-refractivity contribution in [3.63, 3.8) is 0 Å². The lowest BCUT2D eigenvalue weighted by atomic mass is 10.1. The number of hydrogen-bond acceptors (Lipinski definition) is 6. The molecule has 3 aromatic rings. The van der Waals surface area contributed by atoms with Gasteiger partial charge in [-0.05, 0) is 42.5 Å². The summed E-state index contributed by atoms with van der Waals surface area (Å²) >= 11 is 0. The molecule has 5 rings (SSSR count). The maximum absolute atomic E-state index is 12.7. The molecular formula is C21H22F3N7O. The fourth-order valence-electron chi connectivity index (χ4n) is 3.90. The molecule has 0 N–H and O–H groups in total. The molecule has 11 heteroatoms. The Hall–Kier alpha value is -3.37. The number of anilines is 2. The Morgan fingerprint density at radius 3 is 2.44 bits per heavy atom. The van der Waals surface area contributed by atoms with Crippen LogP contribution in [0.25, 0.3) is 0 Å². The molecule has 0 bridgehead atoms.